The topological polar surface area (TPSA) is 49.8 Å². The molecule has 2 unspecified atom stereocenters. The lowest BCUT2D eigenvalue weighted by atomic mass is 10.1. The Bertz CT molecular complexity index is 490. The molecule has 0 aliphatic carbocycles. The summed E-state index contributed by atoms with van der Waals surface area (Å²) in [5.41, 5.74) is 0.0586. The van der Waals surface area contributed by atoms with Crippen molar-refractivity contribution in [1.29, 1.82) is 0 Å². The number of methoxy groups -OCH3 is 1. The van der Waals surface area contributed by atoms with Crippen molar-refractivity contribution in [2.75, 3.05) is 13.7 Å². The molecule has 0 aromatic heterocycles. The van der Waals surface area contributed by atoms with Gasteiger partial charge in [0.1, 0.15) is 11.6 Å². The number of benzene rings is 1. The molecule has 4 nitrogen and oxygen atoms in total. The molecule has 1 amide bonds. The highest BCUT2D eigenvalue weighted by Crippen LogP contribution is 2.25. The number of likely N-dealkylation sites (tertiary alicyclic amines) is 1. The van der Waals surface area contributed by atoms with Crippen LogP contribution in [0.25, 0.3) is 0 Å². The molecule has 2 atom stereocenters. The molecule has 1 fully saturated rings. The molecule has 0 spiro atoms. The van der Waals surface area contributed by atoms with Gasteiger partial charge in [0.25, 0.3) is 5.91 Å². The van der Waals surface area contributed by atoms with Gasteiger partial charge in [0.15, 0.2) is 0 Å². The van der Waals surface area contributed by atoms with E-state index in [-0.39, 0.29) is 17.5 Å². The van der Waals surface area contributed by atoms with E-state index >= 15 is 0 Å². The van der Waals surface area contributed by atoms with Crippen LogP contribution in [0.2, 0.25) is 0 Å². The summed E-state index contributed by atoms with van der Waals surface area (Å²) in [7, 11) is 1.45. The monoisotopic (exact) mass is 281 g/mol. The van der Waals surface area contributed by atoms with E-state index in [0.717, 1.165) is 12.8 Å². The number of aliphatic hydroxyl groups is 1. The van der Waals surface area contributed by atoms with Crippen LogP contribution in [0.4, 0.5) is 4.39 Å². The first-order valence-electron chi connectivity index (χ1n) is 6.85. The Morgan fingerprint density at radius 3 is 2.95 bits per heavy atom. The van der Waals surface area contributed by atoms with E-state index < -0.39 is 11.9 Å². The predicted molar refractivity (Wildman–Crippen MR) is 73.3 cm³/mol. The van der Waals surface area contributed by atoms with E-state index in [1.54, 1.807) is 17.9 Å². The molecule has 1 aromatic carbocycles. The first-order chi connectivity index (χ1) is 9.52. The number of carbonyl (C=O) groups is 1. The number of rotatable bonds is 4. The van der Waals surface area contributed by atoms with Crippen LogP contribution < -0.4 is 4.74 Å². The highest BCUT2D eigenvalue weighted by molar-refractivity contribution is 5.95. The maximum atomic E-state index is 14.0. The number of halogens is 1. The molecule has 0 saturated carbocycles. The van der Waals surface area contributed by atoms with Crippen LogP contribution in [-0.2, 0) is 0 Å². The Morgan fingerprint density at radius 2 is 2.35 bits per heavy atom. The maximum Gasteiger partial charge on any atom is 0.257 e. The van der Waals surface area contributed by atoms with Crippen LogP contribution in [0.5, 0.6) is 5.75 Å². The van der Waals surface area contributed by atoms with Crippen molar-refractivity contribution in [3.63, 3.8) is 0 Å². The van der Waals surface area contributed by atoms with Crippen LogP contribution in [-0.4, -0.2) is 41.7 Å². The molecule has 1 saturated heterocycles. The normalized spacial score (nSPS) is 20.0. The van der Waals surface area contributed by atoms with Gasteiger partial charge in [-0.25, -0.2) is 4.39 Å². The van der Waals surface area contributed by atoms with Gasteiger partial charge in [-0.05, 0) is 38.3 Å². The standard InChI is InChI=1S/C15H20FNO3/c1-10(18)8-11-4-3-7-17(11)15(19)13-6-5-12(20-2)9-14(13)16/h5-6,9-11,18H,3-4,7-8H2,1-2H3. The van der Waals surface area contributed by atoms with Gasteiger partial charge in [0, 0.05) is 18.7 Å². The van der Waals surface area contributed by atoms with E-state index in [1.165, 1.54) is 19.2 Å². The Kier molecular flexibility index (Phi) is 4.60. The predicted octanol–water partition coefficient (Wildman–Crippen LogP) is 2.21. The fraction of sp³-hybridized carbons (Fsp3) is 0.533. The van der Waals surface area contributed by atoms with E-state index in [2.05, 4.69) is 0 Å². The number of hydrogen-bond acceptors (Lipinski definition) is 3. The molecule has 20 heavy (non-hydrogen) atoms. The van der Waals surface area contributed by atoms with Crippen molar-refractivity contribution in [2.45, 2.75) is 38.3 Å². The SMILES string of the molecule is COc1ccc(C(=O)N2CCCC2CC(C)O)c(F)c1. The highest BCUT2D eigenvalue weighted by Gasteiger charge is 2.31. The quantitative estimate of drug-likeness (QED) is 0.920. The van der Waals surface area contributed by atoms with E-state index in [1.807, 2.05) is 0 Å². The lowest BCUT2D eigenvalue weighted by molar-refractivity contribution is 0.0677. The molecular formula is C15H20FNO3. The lowest BCUT2D eigenvalue weighted by Gasteiger charge is -2.26. The van der Waals surface area contributed by atoms with Gasteiger partial charge in [-0.1, -0.05) is 0 Å². The summed E-state index contributed by atoms with van der Waals surface area (Å²) >= 11 is 0. The molecule has 1 N–H and O–H groups in total. The lowest BCUT2D eigenvalue weighted by Crippen LogP contribution is -2.37. The minimum atomic E-state index is -0.572. The molecule has 1 aromatic rings. The second-order valence-electron chi connectivity index (χ2n) is 5.23. The first-order valence-corrected chi connectivity index (χ1v) is 6.85. The molecule has 0 bridgehead atoms. The van der Waals surface area contributed by atoms with Crippen LogP contribution in [0.15, 0.2) is 18.2 Å². The average Bonchev–Trinajstić information content (AvgIpc) is 2.85. The molecule has 1 aliphatic rings. The molecular weight excluding hydrogens is 261 g/mol. The molecule has 1 aliphatic heterocycles. The Hall–Kier alpha value is -1.62. The van der Waals surface area contributed by atoms with Crippen LogP contribution in [0.1, 0.15) is 36.5 Å². The Morgan fingerprint density at radius 1 is 1.60 bits per heavy atom. The minimum Gasteiger partial charge on any atom is -0.497 e. The molecule has 1 heterocycles. The summed E-state index contributed by atoms with van der Waals surface area (Å²) in [5.74, 6) is -0.494. The summed E-state index contributed by atoms with van der Waals surface area (Å²) in [6.07, 6.45) is 1.81. The van der Waals surface area contributed by atoms with Crippen molar-refractivity contribution in [3.05, 3.63) is 29.6 Å². The number of amides is 1. The number of nitrogens with zero attached hydrogens (tertiary/aromatic N) is 1. The fourth-order valence-corrected chi connectivity index (χ4v) is 2.69. The summed E-state index contributed by atoms with van der Waals surface area (Å²) in [5, 5.41) is 9.48. The second kappa shape index (κ2) is 6.22. The zero-order valence-electron chi connectivity index (χ0n) is 11.8. The summed E-state index contributed by atoms with van der Waals surface area (Å²) in [4.78, 5) is 14.1. The van der Waals surface area contributed by atoms with Gasteiger partial charge in [-0.2, -0.15) is 0 Å². The summed E-state index contributed by atoms with van der Waals surface area (Å²) < 4.78 is 18.9. The fourth-order valence-electron chi connectivity index (χ4n) is 2.69. The maximum absolute atomic E-state index is 14.0. The van der Waals surface area contributed by atoms with Gasteiger partial charge < -0.3 is 14.7 Å². The van der Waals surface area contributed by atoms with Crippen molar-refractivity contribution >= 4 is 5.91 Å². The van der Waals surface area contributed by atoms with Crippen molar-refractivity contribution in [3.8, 4) is 5.75 Å². The number of carbonyl (C=O) groups excluding carboxylic acids is 1. The third-order valence-electron chi connectivity index (χ3n) is 3.66. The molecule has 0 radical (unpaired) electrons. The second-order valence-corrected chi connectivity index (χ2v) is 5.23. The van der Waals surface area contributed by atoms with E-state index in [9.17, 15) is 14.3 Å². The zero-order valence-corrected chi connectivity index (χ0v) is 11.8. The third kappa shape index (κ3) is 3.10. The van der Waals surface area contributed by atoms with Crippen molar-refractivity contribution in [2.24, 2.45) is 0 Å². The van der Waals surface area contributed by atoms with E-state index in [4.69, 9.17) is 4.74 Å². The Labute approximate surface area is 118 Å². The summed E-state index contributed by atoms with van der Waals surface area (Å²) in [6.45, 7) is 2.32. The van der Waals surface area contributed by atoms with Crippen LogP contribution in [0.3, 0.4) is 0 Å². The van der Waals surface area contributed by atoms with Gasteiger partial charge in [-0.3, -0.25) is 4.79 Å². The van der Waals surface area contributed by atoms with Crippen LogP contribution in [0, 0.1) is 5.82 Å². The van der Waals surface area contributed by atoms with Gasteiger partial charge in [0.2, 0.25) is 0 Å². The molecule has 2 rings (SSSR count). The highest BCUT2D eigenvalue weighted by atomic mass is 19.1. The zero-order chi connectivity index (χ0) is 14.7. The van der Waals surface area contributed by atoms with E-state index in [0.29, 0.717) is 18.7 Å². The molecule has 5 heteroatoms. The third-order valence-corrected chi connectivity index (χ3v) is 3.66. The number of aliphatic hydroxyl groups excluding tert-OH is 1. The van der Waals surface area contributed by atoms with Gasteiger partial charge in [0.05, 0.1) is 18.8 Å². The Balaban J connectivity index is 2.18. The van der Waals surface area contributed by atoms with Crippen LogP contribution >= 0.6 is 0 Å². The number of hydrogen-bond donors (Lipinski definition) is 1. The van der Waals surface area contributed by atoms with Gasteiger partial charge in [-0.15, -0.1) is 0 Å². The number of ether oxygens (including phenoxy) is 1. The van der Waals surface area contributed by atoms with Crippen molar-refractivity contribution in [1.82, 2.24) is 4.90 Å². The van der Waals surface area contributed by atoms with Crippen molar-refractivity contribution < 1.29 is 19.0 Å². The average molecular weight is 281 g/mol. The first kappa shape index (κ1) is 14.8. The van der Waals surface area contributed by atoms with Gasteiger partial charge >= 0.3 is 0 Å². The summed E-state index contributed by atoms with van der Waals surface area (Å²) in [6, 6.07) is 4.24. The smallest absolute Gasteiger partial charge is 0.257 e. The minimum absolute atomic E-state index is 0.0102. The molecule has 110 valence electrons. The largest absolute Gasteiger partial charge is 0.497 e.